The number of nitrogens with zero attached hydrogens (tertiary/aromatic N) is 3. The summed E-state index contributed by atoms with van der Waals surface area (Å²) in [6, 6.07) is 0.142. The van der Waals surface area contributed by atoms with E-state index in [0.717, 1.165) is 13.0 Å². The number of amides is 1. The van der Waals surface area contributed by atoms with Gasteiger partial charge >= 0.3 is 6.03 Å². The predicted octanol–water partition coefficient (Wildman–Crippen LogP) is 0.572. The Balaban J connectivity index is 2.04. The molecule has 0 bridgehead atoms. The summed E-state index contributed by atoms with van der Waals surface area (Å²) in [5, 5.41) is 0. The van der Waals surface area contributed by atoms with Crippen molar-refractivity contribution < 1.29 is 9.53 Å². The van der Waals surface area contributed by atoms with Crippen molar-refractivity contribution in [2.24, 2.45) is 0 Å². The van der Waals surface area contributed by atoms with Crippen LogP contribution in [0.5, 0.6) is 0 Å². The highest BCUT2D eigenvalue weighted by molar-refractivity contribution is 5.76. The molecule has 5 nitrogen and oxygen atoms in total. The summed E-state index contributed by atoms with van der Waals surface area (Å²) in [7, 11) is 1.79. The van der Waals surface area contributed by atoms with Crippen LogP contribution in [0.1, 0.15) is 6.42 Å². The summed E-state index contributed by atoms with van der Waals surface area (Å²) in [6.45, 7) is 1.38. The first-order chi connectivity index (χ1) is 6.79. The Hall–Kier alpha value is -1.36. The Bertz CT molecular complexity index is 304. The zero-order valence-corrected chi connectivity index (χ0v) is 8.09. The van der Waals surface area contributed by atoms with Crippen LogP contribution in [-0.2, 0) is 4.74 Å². The van der Waals surface area contributed by atoms with Crippen LogP contribution in [0.15, 0.2) is 18.7 Å². The number of likely N-dealkylation sites (N-methyl/N-ethyl adjacent to an activating group) is 1. The third kappa shape index (κ3) is 1.63. The Labute approximate surface area is 82.3 Å². The van der Waals surface area contributed by atoms with Gasteiger partial charge in [0.1, 0.15) is 6.33 Å². The monoisotopic (exact) mass is 195 g/mol. The topological polar surface area (TPSA) is 47.4 Å². The van der Waals surface area contributed by atoms with Crippen LogP contribution >= 0.6 is 0 Å². The second-order valence-electron chi connectivity index (χ2n) is 3.38. The minimum atomic E-state index is -0.0574. The number of carbonyl (C=O) groups is 1. The van der Waals surface area contributed by atoms with Gasteiger partial charge in [-0.25, -0.2) is 9.78 Å². The van der Waals surface area contributed by atoms with Gasteiger partial charge in [-0.15, -0.1) is 0 Å². The van der Waals surface area contributed by atoms with Gasteiger partial charge in [0.25, 0.3) is 0 Å². The molecule has 1 aliphatic heterocycles. The molecule has 1 unspecified atom stereocenters. The standard InChI is InChI=1S/C9H13N3O2/c1-11(8-2-5-14-6-8)9(13)12-4-3-10-7-12/h3-4,7-8H,2,5-6H2,1H3. The van der Waals surface area contributed by atoms with E-state index >= 15 is 0 Å². The quantitative estimate of drug-likeness (QED) is 0.658. The summed E-state index contributed by atoms with van der Waals surface area (Å²) in [6.07, 6.45) is 5.66. The fraction of sp³-hybridized carbons (Fsp3) is 0.556. The Morgan fingerprint density at radius 3 is 3.14 bits per heavy atom. The van der Waals surface area contributed by atoms with Crippen LogP contribution in [0.2, 0.25) is 0 Å². The fourth-order valence-electron chi connectivity index (χ4n) is 1.54. The highest BCUT2D eigenvalue weighted by Gasteiger charge is 2.24. The maximum Gasteiger partial charge on any atom is 0.329 e. The average Bonchev–Trinajstić information content (AvgIpc) is 2.87. The number of carbonyl (C=O) groups excluding carboxylic acids is 1. The van der Waals surface area contributed by atoms with Gasteiger partial charge in [0.05, 0.1) is 12.6 Å². The van der Waals surface area contributed by atoms with Crippen molar-refractivity contribution >= 4 is 6.03 Å². The van der Waals surface area contributed by atoms with E-state index in [1.807, 2.05) is 0 Å². The molecule has 1 fully saturated rings. The molecule has 76 valence electrons. The van der Waals surface area contributed by atoms with E-state index in [4.69, 9.17) is 4.74 Å². The van der Waals surface area contributed by atoms with Gasteiger partial charge < -0.3 is 9.64 Å². The molecule has 0 saturated carbocycles. The molecule has 1 aliphatic rings. The summed E-state index contributed by atoms with van der Waals surface area (Å²) >= 11 is 0. The van der Waals surface area contributed by atoms with Crippen molar-refractivity contribution in [1.82, 2.24) is 14.5 Å². The predicted molar refractivity (Wildman–Crippen MR) is 50.0 cm³/mol. The van der Waals surface area contributed by atoms with E-state index in [-0.39, 0.29) is 12.1 Å². The Morgan fingerprint density at radius 2 is 2.57 bits per heavy atom. The zero-order valence-electron chi connectivity index (χ0n) is 8.09. The van der Waals surface area contributed by atoms with Crippen molar-refractivity contribution in [1.29, 1.82) is 0 Å². The highest BCUT2D eigenvalue weighted by atomic mass is 16.5. The van der Waals surface area contributed by atoms with Gasteiger partial charge in [-0.1, -0.05) is 0 Å². The molecule has 2 heterocycles. The van der Waals surface area contributed by atoms with Crippen LogP contribution in [-0.4, -0.2) is 46.8 Å². The van der Waals surface area contributed by atoms with Crippen LogP contribution in [0, 0.1) is 0 Å². The van der Waals surface area contributed by atoms with Crippen LogP contribution in [0.4, 0.5) is 4.79 Å². The molecule has 14 heavy (non-hydrogen) atoms. The fourth-order valence-corrected chi connectivity index (χ4v) is 1.54. The first kappa shape index (κ1) is 9.21. The van der Waals surface area contributed by atoms with Gasteiger partial charge in [-0.3, -0.25) is 4.57 Å². The molecule has 1 atom stereocenters. The maximum atomic E-state index is 11.8. The first-order valence-electron chi connectivity index (χ1n) is 4.62. The van der Waals surface area contributed by atoms with E-state index in [0.29, 0.717) is 6.61 Å². The summed E-state index contributed by atoms with van der Waals surface area (Å²) in [4.78, 5) is 17.3. The summed E-state index contributed by atoms with van der Waals surface area (Å²) in [5.41, 5.74) is 0. The SMILES string of the molecule is CN(C(=O)n1ccnc1)C1CCOC1. The molecular weight excluding hydrogens is 182 g/mol. The second kappa shape index (κ2) is 3.79. The number of aromatic nitrogens is 2. The van der Waals surface area contributed by atoms with E-state index in [9.17, 15) is 4.79 Å². The highest BCUT2D eigenvalue weighted by Crippen LogP contribution is 2.11. The molecular formula is C9H13N3O2. The number of ether oxygens (including phenoxy) is 1. The molecule has 0 spiro atoms. The summed E-state index contributed by atoms with van der Waals surface area (Å²) < 4.78 is 6.70. The van der Waals surface area contributed by atoms with Crippen molar-refractivity contribution in [3.8, 4) is 0 Å². The molecule has 5 heteroatoms. The lowest BCUT2D eigenvalue weighted by Crippen LogP contribution is -2.39. The van der Waals surface area contributed by atoms with Gasteiger partial charge in [0.15, 0.2) is 0 Å². The van der Waals surface area contributed by atoms with E-state index in [1.54, 1.807) is 24.3 Å². The normalized spacial score (nSPS) is 21.1. The lowest BCUT2D eigenvalue weighted by molar-refractivity contribution is 0.159. The minimum absolute atomic E-state index is 0.0574. The van der Waals surface area contributed by atoms with Crippen LogP contribution < -0.4 is 0 Å². The third-order valence-electron chi connectivity index (χ3n) is 2.48. The van der Waals surface area contributed by atoms with Crippen molar-refractivity contribution in [2.45, 2.75) is 12.5 Å². The molecule has 0 aromatic carbocycles. The second-order valence-corrected chi connectivity index (χ2v) is 3.38. The smallest absolute Gasteiger partial charge is 0.329 e. The number of hydrogen-bond acceptors (Lipinski definition) is 3. The van der Waals surface area contributed by atoms with Crippen molar-refractivity contribution in [3.63, 3.8) is 0 Å². The molecule has 0 N–H and O–H groups in total. The minimum Gasteiger partial charge on any atom is -0.379 e. The molecule has 1 aromatic rings. The van der Waals surface area contributed by atoms with Crippen LogP contribution in [0.25, 0.3) is 0 Å². The van der Waals surface area contributed by atoms with Gasteiger partial charge in [0, 0.05) is 26.0 Å². The maximum absolute atomic E-state index is 11.8. The average molecular weight is 195 g/mol. The summed E-state index contributed by atoms with van der Waals surface area (Å²) in [5.74, 6) is 0. The van der Waals surface area contributed by atoms with E-state index < -0.39 is 0 Å². The zero-order chi connectivity index (χ0) is 9.97. The lowest BCUT2D eigenvalue weighted by atomic mass is 10.2. The number of imidazole rings is 1. The largest absolute Gasteiger partial charge is 0.379 e. The third-order valence-corrected chi connectivity index (χ3v) is 2.48. The van der Waals surface area contributed by atoms with Crippen molar-refractivity contribution in [3.05, 3.63) is 18.7 Å². The van der Waals surface area contributed by atoms with Crippen molar-refractivity contribution in [2.75, 3.05) is 20.3 Å². The molecule has 1 aromatic heterocycles. The lowest BCUT2D eigenvalue weighted by Gasteiger charge is -2.22. The van der Waals surface area contributed by atoms with E-state index in [1.165, 1.54) is 10.9 Å². The Morgan fingerprint density at radius 1 is 1.71 bits per heavy atom. The molecule has 2 rings (SSSR count). The molecule has 1 saturated heterocycles. The number of hydrogen-bond donors (Lipinski definition) is 0. The molecule has 0 aliphatic carbocycles. The van der Waals surface area contributed by atoms with Crippen LogP contribution in [0.3, 0.4) is 0 Å². The first-order valence-corrected chi connectivity index (χ1v) is 4.62. The molecule has 1 amide bonds. The van der Waals surface area contributed by atoms with Gasteiger partial charge in [-0.05, 0) is 6.42 Å². The van der Waals surface area contributed by atoms with E-state index in [2.05, 4.69) is 4.98 Å². The van der Waals surface area contributed by atoms with Gasteiger partial charge in [0.2, 0.25) is 0 Å². The van der Waals surface area contributed by atoms with Gasteiger partial charge in [-0.2, -0.15) is 0 Å². The molecule has 0 radical (unpaired) electrons. The number of rotatable bonds is 1. The Kier molecular flexibility index (Phi) is 2.49.